The fourth-order valence-electron chi connectivity index (χ4n) is 4.70. The highest BCUT2D eigenvalue weighted by Crippen LogP contribution is 2.36. The van der Waals surface area contributed by atoms with Crippen LogP contribution in [-0.2, 0) is 25.7 Å². The Balaban J connectivity index is 2.57. The molecule has 5 atom stereocenters. The van der Waals surface area contributed by atoms with E-state index < -0.39 is 54.2 Å². The van der Waals surface area contributed by atoms with Crippen molar-refractivity contribution in [2.24, 2.45) is 0 Å². The second-order valence-electron chi connectivity index (χ2n) is 9.74. The van der Waals surface area contributed by atoms with Gasteiger partial charge in [-0.25, -0.2) is 8.78 Å². The van der Waals surface area contributed by atoms with E-state index in [1.807, 2.05) is 0 Å². The van der Waals surface area contributed by atoms with E-state index in [9.17, 15) is 39.4 Å². The standard InChI is InChI=1S/C28H38F2O6/c1-5-20-9-7-18(11-22(20)29)14-27(35,13-17(3)4)26(34)28(36,25(33)24(32)16-31)15-19-8-10-21(6-2)23(30)12-19/h7-12,24-26,31-36H,3,5-6,13-16H2,1-2,4H3/t24-,25+,26+,27?,28+/m0/s1. The van der Waals surface area contributed by atoms with Crippen molar-refractivity contribution in [1.29, 1.82) is 0 Å². The number of benzene rings is 2. The van der Waals surface area contributed by atoms with E-state index in [2.05, 4.69) is 6.58 Å². The average molecular weight is 509 g/mol. The molecule has 2 rings (SSSR count). The van der Waals surface area contributed by atoms with Gasteiger partial charge in [0, 0.05) is 12.8 Å². The molecule has 0 spiro atoms. The Morgan fingerprint density at radius 1 is 0.889 bits per heavy atom. The lowest BCUT2D eigenvalue weighted by molar-refractivity contribution is -0.228. The number of aliphatic hydroxyl groups is 6. The minimum atomic E-state index is -2.63. The number of aryl methyl sites for hydroxylation is 2. The van der Waals surface area contributed by atoms with Crippen LogP contribution in [0.5, 0.6) is 0 Å². The van der Waals surface area contributed by atoms with Gasteiger partial charge in [-0.15, -0.1) is 6.58 Å². The van der Waals surface area contributed by atoms with Crippen molar-refractivity contribution in [1.82, 2.24) is 0 Å². The van der Waals surface area contributed by atoms with Crippen molar-refractivity contribution in [2.45, 2.75) is 82.4 Å². The zero-order valence-electron chi connectivity index (χ0n) is 21.1. The van der Waals surface area contributed by atoms with Crippen molar-refractivity contribution in [3.05, 3.63) is 82.4 Å². The summed E-state index contributed by atoms with van der Waals surface area (Å²) in [7, 11) is 0. The Kier molecular flexibility index (Phi) is 10.3. The quantitative estimate of drug-likeness (QED) is 0.231. The summed E-state index contributed by atoms with van der Waals surface area (Å²) >= 11 is 0. The molecule has 0 fully saturated rings. The number of hydrogen-bond acceptors (Lipinski definition) is 6. The summed E-state index contributed by atoms with van der Waals surface area (Å²) in [5, 5.41) is 65.1. The summed E-state index contributed by atoms with van der Waals surface area (Å²) in [5.74, 6) is -1.03. The minimum absolute atomic E-state index is 0.187. The third-order valence-corrected chi connectivity index (χ3v) is 6.65. The van der Waals surface area contributed by atoms with E-state index in [0.29, 0.717) is 35.1 Å². The van der Waals surface area contributed by atoms with Crippen LogP contribution in [0.3, 0.4) is 0 Å². The van der Waals surface area contributed by atoms with Crippen LogP contribution in [0, 0.1) is 11.6 Å². The summed E-state index contributed by atoms with van der Waals surface area (Å²) in [5.41, 5.74) is -2.96. The van der Waals surface area contributed by atoms with Crippen LogP contribution < -0.4 is 0 Å². The first kappa shape index (κ1) is 30.0. The maximum absolute atomic E-state index is 14.5. The fraction of sp³-hybridized carbons (Fsp3) is 0.500. The van der Waals surface area contributed by atoms with Gasteiger partial charge >= 0.3 is 0 Å². The molecule has 8 heteroatoms. The van der Waals surface area contributed by atoms with Crippen LogP contribution in [0.25, 0.3) is 0 Å². The lowest BCUT2D eigenvalue weighted by atomic mass is 9.71. The van der Waals surface area contributed by atoms with Crippen LogP contribution in [0.2, 0.25) is 0 Å². The zero-order chi connectivity index (χ0) is 27.3. The fourth-order valence-corrected chi connectivity index (χ4v) is 4.70. The number of hydrogen-bond donors (Lipinski definition) is 6. The van der Waals surface area contributed by atoms with Gasteiger partial charge in [0.15, 0.2) is 0 Å². The lowest BCUT2D eigenvalue weighted by Crippen LogP contribution is -2.66. The summed E-state index contributed by atoms with van der Waals surface area (Å²) in [6, 6.07) is 8.54. The van der Waals surface area contributed by atoms with Gasteiger partial charge < -0.3 is 30.6 Å². The van der Waals surface area contributed by atoms with Gasteiger partial charge in [-0.2, -0.15) is 0 Å². The monoisotopic (exact) mass is 508 g/mol. The lowest BCUT2D eigenvalue weighted by Gasteiger charge is -2.46. The molecule has 0 amide bonds. The molecule has 200 valence electrons. The molecule has 0 aromatic heterocycles. The first-order valence-electron chi connectivity index (χ1n) is 12.1. The maximum Gasteiger partial charge on any atom is 0.126 e. The molecule has 0 heterocycles. The highest BCUT2D eigenvalue weighted by atomic mass is 19.1. The summed E-state index contributed by atoms with van der Waals surface area (Å²) in [6.45, 7) is 7.99. The van der Waals surface area contributed by atoms with E-state index in [1.54, 1.807) is 32.9 Å². The molecule has 6 N–H and O–H groups in total. The third-order valence-electron chi connectivity index (χ3n) is 6.65. The Hall–Kier alpha value is -2.20. The predicted molar refractivity (Wildman–Crippen MR) is 133 cm³/mol. The van der Waals surface area contributed by atoms with Gasteiger partial charge in [0.2, 0.25) is 0 Å². The first-order valence-corrected chi connectivity index (χ1v) is 12.1. The van der Waals surface area contributed by atoms with E-state index in [1.165, 1.54) is 18.2 Å². The topological polar surface area (TPSA) is 121 Å². The van der Waals surface area contributed by atoms with Crippen LogP contribution in [0.4, 0.5) is 8.78 Å². The molecule has 0 aliphatic rings. The second kappa shape index (κ2) is 12.4. The van der Waals surface area contributed by atoms with Gasteiger partial charge in [-0.1, -0.05) is 43.7 Å². The molecular weight excluding hydrogens is 470 g/mol. The SMILES string of the molecule is C=C(C)CC(O)(Cc1ccc(CC)c(F)c1)[C@@H](O)[C@@](O)(Cc1ccc(CC)c(F)c1)[C@H](O)[C@@H](O)CO. The van der Waals surface area contributed by atoms with E-state index in [0.717, 1.165) is 6.07 Å². The van der Waals surface area contributed by atoms with Crippen LogP contribution in [0.1, 0.15) is 49.4 Å². The van der Waals surface area contributed by atoms with E-state index >= 15 is 0 Å². The molecule has 0 saturated heterocycles. The summed E-state index contributed by atoms with van der Waals surface area (Å²) < 4.78 is 28.9. The number of aliphatic hydroxyl groups excluding tert-OH is 4. The third kappa shape index (κ3) is 6.76. The predicted octanol–water partition coefficient (Wildman–Crippen LogP) is 2.38. The van der Waals surface area contributed by atoms with Gasteiger partial charge in [0.1, 0.15) is 41.1 Å². The highest BCUT2D eigenvalue weighted by molar-refractivity contribution is 5.29. The first-order chi connectivity index (χ1) is 16.8. The Bertz CT molecular complexity index is 1040. The van der Waals surface area contributed by atoms with E-state index in [-0.39, 0.29) is 18.4 Å². The largest absolute Gasteiger partial charge is 0.394 e. The van der Waals surface area contributed by atoms with Gasteiger partial charge in [-0.05, 0) is 60.6 Å². The van der Waals surface area contributed by atoms with E-state index in [4.69, 9.17) is 0 Å². The van der Waals surface area contributed by atoms with Crippen molar-refractivity contribution >= 4 is 0 Å². The molecule has 36 heavy (non-hydrogen) atoms. The van der Waals surface area contributed by atoms with Gasteiger partial charge in [0.05, 0.1) is 6.61 Å². The molecule has 1 unspecified atom stereocenters. The van der Waals surface area contributed by atoms with Crippen molar-refractivity contribution < 1.29 is 39.4 Å². The van der Waals surface area contributed by atoms with Crippen LogP contribution in [-0.4, -0.2) is 66.8 Å². The van der Waals surface area contributed by atoms with Crippen molar-refractivity contribution in [3.8, 4) is 0 Å². The molecule has 0 radical (unpaired) electrons. The zero-order valence-corrected chi connectivity index (χ0v) is 21.1. The van der Waals surface area contributed by atoms with Crippen LogP contribution >= 0.6 is 0 Å². The molecule has 0 saturated carbocycles. The highest BCUT2D eigenvalue weighted by Gasteiger charge is 2.54. The summed E-state index contributed by atoms with van der Waals surface area (Å²) in [6.07, 6.45) is -6.36. The molecule has 0 aliphatic carbocycles. The minimum Gasteiger partial charge on any atom is -0.394 e. The van der Waals surface area contributed by atoms with Crippen molar-refractivity contribution in [2.75, 3.05) is 6.61 Å². The summed E-state index contributed by atoms with van der Waals surface area (Å²) in [4.78, 5) is 0. The molecular formula is C28H38F2O6. The average Bonchev–Trinajstić information content (AvgIpc) is 2.82. The Morgan fingerprint density at radius 3 is 1.75 bits per heavy atom. The molecule has 6 nitrogen and oxygen atoms in total. The maximum atomic E-state index is 14.5. The van der Waals surface area contributed by atoms with Gasteiger partial charge in [-0.3, -0.25) is 0 Å². The molecule has 0 aliphatic heterocycles. The normalized spacial score (nSPS) is 17.6. The molecule has 2 aromatic carbocycles. The van der Waals surface area contributed by atoms with Gasteiger partial charge in [0.25, 0.3) is 0 Å². The second-order valence-corrected chi connectivity index (χ2v) is 9.74. The molecule has 2 aromatic rings. The van der Waals surface area contributed by atoms with Crippen molar-refractivity contribution in [3.63, 3.8) is 0 Å². The Morgan fingerprint density at radius 2 is 1.36 bits per heavy atom. The number of halogens is 2. The van der Waals surface area contributed by atoms with Crippen LogP contribution in [0.15, 0.2) is 48.6 Å². The number of rotatable bonds is 13. The Labute approximate surface area is 211 Å². The smallest absolute Gasteiger partial charge is 0.126 e. The molecule has 0 bridgehead atoms.